The minimum Gasteiger partial charge on any atom is -0.325 e. The lowest BCUT2D eigenvalue weighted by Gasteiger charge is -2.15. The van der Waals surface area contributed by atoms with Crippen LogP contribution in [0.25, 0.3) is 0 Å². The highest BCUT2D eigenvalue weighted by Gasteiger charge is 2.27. The fourth-order valence-electron chi connectivity index (χ4n) is 1.76. The quantitative estimate of drug-likeness (QED) is 0.827. The van der Waals surface area contributed by atoms with Crippen molar-refractivity contribution in [2.45, 2.75) is 24.3 Å². The van der Waals surface area contributed by atoms with Gasteiger partial charge >= 0.3 is 0 Å². The standard InChI is InChI=1S/C10H15N3O2S/c11-7-9-3-4-10(8-12-9)16(14,15)13-5-1-2-6-13/h3-4,8H,1-2,5-7,11H2. The summed E-state index contributed by atoms with van der Waals surface area (Å²) in [6.45, 7) is 1.55. The third kappa shape index (κ3) is 2.09. The van der Waals surface area contributed by atoms with E-state index in [9.17, 15) is 8.42 Å². The SMILES string of the molecule is NCc1ccc(S(=O)(=O)N2CCCC2)cn1. The predicted octanol–water partition coefficient (Wildman–Crippen LogP) is 0.325. The fraction of sp³-hybridized carbons (Fsp3) is 0.500. The summed E-state index contributed by atoms with van der Waals surface area (Å²) in [5.41, 5.74) is 6.10. The third-order valence-corrected chi connectivity index (χ3v) is 4.59. The Labute approximate surface area is 95.3 Å². The van der Waals surface area contributed by atoms with Gasteiger partial charge in [-0.2, -0.15) is 4.31 Å². The van der Waals surface area contributed by atoms with E-state index < -0.39 is 10.0 Å². The zero-order valence-corrected chi connectivity index (χ0v) is 9.78. The third-order valence-electron chi connectivity index (χ3n) is 2.71. The molecule has 0 spiro atoms. The van der Waals surface area contributed by atoms with Crippen LogP contribution >= 0.6 is 0 Å². The van der Waals surface area contributed by atoms with E-state index in [-0.39, 0.29) is 4.90 Å². The van der Waals surface area contributed by atoms with E-state index in [4.69, 9.17) is 5.73 Å². The second-order valence-corrected chi connectivity index (χ2v) is 5.74. The van der Waals surface area contributed by atoms with Crippen LogP contribution < -0.4 is 5.73 Å². The smallest absolute Gasteiger partial charge is 0.244 e. The van der Waals surface area contributed by atoms with E-state index in [0.717, 1.165) is 12.8 Å². The van der Waals surface area contributed by atoms with Crippen molar-refractivity contribution >= 4 is 10.0 Å². The van der Waals surface area contributed by atoms with Gasteiger partial charge in [0.15, 0.2) is 0 Å². The zero-order valence-electron chi connectivity index (χ0n) is 8.96. The Bertz CT molecular complexity index is 449. The number of rotatable bonds is 3. The highest BCUT2D eigenvalue weighted by Crippen LogP contribution is 2.19. The molecule has 0 amide bonds. The molecule has 88 valence electrons. The van der Waals surface area contributed by atoms with Gasteiger partial charge in [0, 0.05) is 25.8 Å². The lowest BCUT2D eigenvalue weighted by atomic mass is 10.4. The number of nitrogens with zero attached hydrogens (tertiary/aromatic N) is 2. The second-order valence-electron chi connectivity index (χ2n) is 3.80. The summed E-state index contributed by atoms with van der Waals surface area (Å²) in [5, 5.41) is 0. The molecule has 1 aromatic heterocycles. The fourth-order valence-corrected chi connectivity index (χ4v) is 3.22. The monoisotopic (exact) mass is 241 g/mol. The predicted molar refractivity (Wildman–Crippen MR) is 60.1 cm³/mol. The van der Waals surface area contributed by atoms with Crippen LogP contribution in [0.15, 0.2) is 23.2 Å². The Balaban J connectivity index is 2.28. The van der Waals surface area contributed by atoms with Crippen molar-refractivity contribution in [2.75, 3.05) is 13.1 Å². The van der Waals surface area contributed by atoms with Crippen LogP contribution in [0.1, 0.15) is 18.5 Å². The molecule has 16 heavy (non-hydrogen) atoms. The molecular formula is C10H15N3O2S. The molecule has 0 aromatic carbocycles. The molecule has 2 heterocycles. The molecule has 0 unspecified atom stereocenters. The van der Waals surface area contributed by atoms with Crippen LogP contribution in [0.3, 0.4) is 0 Å². The number of pyridine rings is 1. The Kier molecular flexibility index (Phi) is 3.22. The normalized spacial score (nSPS) is 17.8. The van der Waals surface area contributed by atoms with Gasteiger partial charge in [-0.1, -0.05) is 0 Å². The summed E-state index contributed by atoms with van der Waals surface area (Å²) in [5.74, 6) is 0. The molecule has 5 nitrogen and oxygen atoms in total. The van der Waals surface area contributed by atoms with E-state index in [1.54, 1.807) is 12.1 Å². The van der Waals surface area contributed by atoms with Gasteiger partial charge in [-0.15, -0.1) is 0 Å². The first kappa shape index (κ1) is 11.5. The molecule has 0 aliphatic carbocycles. The molecule has 1 aliphatic heterocycles. The van der Waals surface area contributed by atoms with Gasteiger partial charge < -0.3 is 5.73 Å². The maximum Gasteiger partial charge on any atom is 0.244 e. The lowest BCUT2D eigenvalue weighted by molar-refractivity contribution is 0.477. The highest BCUT2D eigenvalue weighted by molar-refractivity contribution is 7.89. The Hall–Kier alpha value is -0.980. The van der Waals surface area contributed by atoms with Gasteiger partial charge in [0.1, 0.15) is 4.90 Å². The van der Waals surface area contributed by atoms with Crippen molar-refractivity contribution in [3.05, 3.63) is 24.0 Å². The summed E-state index contributed by atoms with van der Waals surface area (Å²) in [4.78, 5) is 4.26. The first-order valence-corrected chi connectivity index (χ1v) is 6.74. The topological polar surface area (TPSA) is 76.3 Å². The van der Waals surface area contributed by atoms with Gasteiger partial charge in [-0.05, 0) is 25.0 Å². The summed E-state index contributed by atoms with van der Waals surface area (Å²) in [6, 6.07) is 3.23. The number of hydrogen-bond donors (Lipinski definition) is 1. The van der Waals surface area contributed by atoms with E-state index in [1.165, 1.54) is 10.5 Å². The number of nitrogens with two attached hydrogens (primary N) is 1. The zero-order chi connectivity index (χ0) is 11.6. The molecule has 1 fully saturated rings. The molecule has 2 rings (SSSR count). The summed E-state index contributed by atoms with van der Waals surface area (Å²) >= 11 is 0. The van der Waals surface area contributed by atoms with Crippen molar-refractivity contribution in [2.24, 2.45) is 5.73 Å². The van der Waals surface area contributed by atoms with Crippen molar-refractivity contribution in [3.63, 3.8) is 0 Å². The number of sulfonamides is 1. The molecule has 1 aliphatic rings. The molecule has 1 aromatic rings. The Morgan fingerprint density at radius 1 is 1.31 bits per heavy atom. The maximum absolute atomic E-state index is 12.1. The largest absolute Gasteiger partial charge is 0.325 e. The Morgan fingerprint density at radius 2 is 2.00 bits per heavy atom. The van der Waals surface area contributed by atoms with Gasteiger partial charge in [0.05, 0.1) is 5.69 Å². The molecule has 1 saturated heterocycles. The van der Waals surface area contributed by atoms with E-state index in [2.05, 4.69) is 4.98 Å². The van der Waals surface area contributed by atoms with Crippen LogP contribution in [-0.2, 0) is 16.6 Å². The van der Waals surface area contributed by atoms with Gasteiger partial charge in [-0.25, -0.2) is 8.42 Å². The van der Waals surface area contributed by atoms with Crippen molar-refractivity contribution < 1.29 is 8.42 Å². The van der Waals surface area contributed by atoms with E-state index in [1.807, 2.05) is 0 Å². The average Bonchev–Trinajstić information content (AvgIpc) is 2.83. The molecule has 0 atom stereocenters. The van der Waals surface area contributed by atoms with E-state index in [0.29, 0.717) is 25.3 Å². The molecule has 0 bridgehead atoms. The average molecular weight is 241 g/mol. The van der Waals surface area contributed by atoms with Gasteiger partial charge in [-0.3, -0.25) is 4.98 Å². The molecule has 6 heteroatoms. The van der Waals surface area contributed by atoms with E-state index >= 15 is 0 Å². The summed E-state index contributed by atoms with van der Waals surface area (Å²) < 4.78 is 25.7. The number of hydrogen-bond acceptors (Lipinski definition) is 4. The van der Waals surface area contributed by atoms with Crippen molar-refractivity contribution in [1.82, 2.24) is 9.29 Å². The van der Waals surface area contributed by atoms with Crippen LogP contribution in [0.4, 0.5) is 0 Å². The molecule has 0 saturated carbocycles. The van der Waals surface area contributed by atoms with Crippen molar-refractivity contribution in [3.8, 4) is 0 Å². The van der Waals surface area contributed by atoms with Crippen LogP contribution in [-0.4, -0.2) is 30.8 Å². The van der Waals surface area contributed by atoms with Crippen LogP contribution in [0, 0.1) is 0 Å². The minimum absolute atomic E-state index is 0.256. The first-order chi connectivity index (χ1) is 7.64. The van der Waals surface area contributed by atoms with Crippen LogP contribution in [0.2, 0.25) is 0 Å². The molecular weight excluding hydrogens is 226 g/mol. The number of aromatic nitrogens is 1. The Morgan fingerprint density at radius 3 is 2.50 bits per heavy atom. The van der Waals surface area contributed by atoms with Crippen molar-refractivity contribution in [1.29, 1.82) is 0 Å². The summed E-state index contributed by atoms with van der Waals surface area (Å²) in [7, 11) is -3.33. The van der Waals surface area contributed by atoms with Gasteiger partial charge in [0.2, 0.25) is 10.0 Å². The second kappa shape index (κ2) is 4.48. The first-order valence-electron chi connectivity index (χ1n) is 5.30. The maximum atomic E-state index is 12.1. The minimum atomic E-state index is -3.33. The summed E-state index contributed by atoms with van der Waals surface area (Å²) in [6.07, 6.45) is 3.26. The highest BCUT2D eigenvalue weighted by atomic mass is 32.2. The molecule has 2 N–H and O–H groups in total. The van der Waals surface area contributed by atoms with Crippen LogP contribution in [0.5, 0.6) is 0 Å². The lowest BCUT2D eigenvalue weighted by Crippen LogP contribution is -2.28. The van der Waals surface area contributed by atoms with Gasteiger partial charge in [0.25, 0.3) is 0 Å². The molecule has 0 radical (unpaired) electrons.